The molecule has 1 aliphatic rings. The molecular weight excluding hydrogens is 330 g/mol. The van der Waals surface area contributed by atoms with Crippen molar-refractivity contribution in [3.05, 3.63) is 35.1 Å². The van der Waals surface area contributed by atoms with Crippen molar-refractivity contribution < 1.29 is 18.7 Å². The fourth-order valence-electron chi connectivity index (χ4n) is 3.71. The SMILES string of the molecule is COc1c(/C(C)=C/C(=O)N2CC(C)OC(C)C2)cc2c(C)coc2c1C. The molecule has 0 N–H and O–H groups in total. The molecule has 5 heteroatoms. The quantitative estimate of drug-likeness (QED) is 0.776. The first-order valence-corrected chi connectivity index (χ1v) is 9.00. The van der Waals surface area contributed by atoms with E-state index in [1.165, 1.54) is 0 Å². The number of benzene rings is 1. The fraction of sp³-hybridized carbons (Fsp3) is 0.476. The average molecular weight is 357 g/mol. The molecule has 1 aromatic carbocycles. The third-order valence-electron chi connectivity index (χ3n) is 4.94. The highest BCUT2D eigenvalue weighted by Crippen LogP contribution is 2.37. The van der Waals surface area contributed by atoms with E-state index in [0.717, 1.165) is 39.0 Å². The summed E-state index contributed by atoms with van der Waals surface area (Å²) < 4.78 is 17.0. The van der Waals surface area contributed by atoms with E-state index in [0.29, 0.717) is 13.1 Å². The lowest BCUT2D eigenvalue weighted by molar-refractivity contribution is -0.137. The Kier molecular flexibility index (Phi) is 5.10. The Morgan fingerprint density at radius 3 is 2.54 bits per heavy atom. The number of allylic oxidation sites excluding steroid dienone is 1. The number of ether oxygens (including phenoxy) is 2. The maximum atomic E-state index is 12.8. The molecule has 1 fully saturated rings. The van der Waals surface area contributed by atoms with Crippen molar-refractivity contribution >= 4 is 22.4 Å². The molecule has 26 heavy (non-hydrogen) atoms. The highest BCUT2D eigenvalue weighted by atomic mass is 16.5. The lowest BCUT2D eigenvalue weighted by Crippen LogP contribution is -2.47. The average Bonchev–Trinajstić information content (AvgIpc) is 2.95. The molecule has 5 nitrogen and oxygen atoms in total. The number of fused-ring (bicyclic) bond motifs is 1. The van der Waals surface area contributed by atoms with Gasteiger partial charge in [-0.05, 0) is 51.8 Å². The summed E-state index contributed by atoms with van der Waals surface area (Å²) in [4.78, 5) is 14.6. The maximum absolute atomic E-state index is 12.8. The van der Waals surface area contributed by atoms with Crippen LogP contribution in [0.2, 0.25) is 0 Å². The second kappa shape index (κ2) is 7.16. The highest BCUT2D eigenvalue weighted by Gasteiger charge is 2.25. The zero-order valence-electron chi connectivity index (χ0n) is 16.4. The second-order valence-corrected chi connectivity index (χ2v) is 7.21. The molecule has 0 bridgehead atoms. The first kappa shape index (κ1) is 18.5. The number of carbonyl (C=O) groups is 1. The predicted molar refractivity (Wildman–Crippen MR) is 102 cm³/mol. The third-order valence-corrected chi connectivity index (χ3v) is 4.94. The van der Waals surface area contributed by atoms with Gasteiger partial charge in [-0.25, -0.2) is 0 Å². The van der Waals surface area contributed by atoms with Gasteiger partial charge in [0.2, 0.25) is 5.91 Å². The van der Waals surface area contributed by atoms with Crippen molar-refractivity contribution in [1.82, 2.24) is 4.90 Å². The molecule has 1 amide bonds. The van der Waals surface area contributed by atoms with Crippen LogP contribution in [0.25, 0.3) is 16.5 Å². The Bertz CT molecular complexity index is 855. The summed E-state index contributed by atoms with van der Waals surface area (Å²) in [5.41, 5.74) is 4.65. The topological polar surface area (TPSA) is 51.9 Å². The molecule has 0 spiro atoms. The van der Waals surface area contributed by atoms with Gasteiger partial charge in [0.25, 0.3) is 0 Å². The Balaban J connectivity index is 1.98. The lowest BCUT2D eigenvalue weighted by atomic mass is 9.98. The van der Waals surface area contributed by atoms with Crippen LogP contribution in [-0.2, 0) is 9.53 Å². The number of aryl methyl sites for hydroxylation is 2. The van der Waals surface area contributed by atoms with Crippen LogP contribution in [0.1, 0.15) is 37.5 Å². The van der Waals surface area contributed by atoms with Gasteiger partial charge in [0, 0.05) is 35.7 Å². The summed E-state index contributed by atoms with van der Waals surface area (Å²) in [5, 5.41) is 1.05. The highest BCUT2D eigenvalue weighted by molar-refractivity contribution is 5.98. The molecule has 1 aliphatic heterocycles. The third kappa shape index (κ3) is 3.36. The molecule has 140 valence electrons. The summed E-state index contributed by atoms with van der Waals surface area (Å²) in [7, 11) is 1.65. The van der Waals surface area contributed by atoms with Crippen LogP contribution in [0.5, 0.6) is 5.75 Å². The van der Waals surface area contributed by atoms with Crippen LogP contribution in [0, 0.1) is 13.8 Å². The summed E-state index contributed by atoms with van der Waals surface area (Å²) in [6.45, 7) is 11.2. The van der Waals surface area contributed by atoms with Crippen LogP contribution in [-0.4, -0.2) is 43.2 Å². The Labute approximate surface area is 154 Å². The zero-order valence-corrected chi connectivity index (χ0v) is 16.4. The molecule has 2 aromatic rings. The number of morpholine rings is 1. The maximum Gasteiger partial charge on any atom is 0.247 e. The Hall–Kier alpha value is -2.27. The number of hydrogen-bond acceptors (Lipinski definition) is 4. The second-order valence-electron chi connectivity index (χ2n) is 7.21. The minimum Gasteiger partial charge on any atom is -0.496 e. The monoisotopic (exact) mass is 357 g/mol. The van der Waals surface area contributed by atoms with Gasteiger partial charge >= 0.3 is 0 Å². The molecule has 0 saturated carbocycles. The van der Waals surface area contributed by atoms with E-state index in [9.17, 15) is 4.79 Å². The van der Waals surface area contributed by atoms with E-state index in [1.54, 1.807) is 19.4 Å². The minimum atomic E-state index is 0.00761. The number of furan rings is 1. The molecule has 1 saturated heterocycles. The van der Waals surface area contributed by atoms with E-state index in [-0.39, 0.29) is 18.1 Å². The molecule has 0 radical (unpaired) electrons. The molecule has 1 aromatic heterocycles. The van der Waals surface area contributed by atoms with Crippen LogP contribution in [0.4, 0.5) is 0 Å². The van der Waals surface area contributed by atoms with Gasteiger partial charge in [-0.3, -0.25) is 4.79 Å². The Morgan fingerprint density at radius 2 is 1.92 bits per heavy atom. The molecular formula is C21H27NO4. The van der Waals surface area contributed by atoms with Crippen LogP contribution >= 0.6 is 0 Å². The number of amides is 1. The molecule has 2 atom stereocenters. The van der Waals surface area contributed by atoms with Gasteiger partial charge in [0.1, 0.15) is 11.3 Å². The summed E-state index contributed by atoms with van der Waals surface area (Å²) >= 11 is 0. The van der Waals surface area contributed by atoms with Crippen molar-refractivity contribution in [3.63, 3.8) is 0 Å². The van der Waals surface area contributed by atoms with Crippen molar-refractivity contribution in [1.29, 1.82) is 0 Å². The standard InChI is InChI=1S/C21H27NO4/c1-12(7-19(23)22-9-14(3)26-15(4)10-22)17-8-18-13(2)11-25-21(18)16(5)20(17)24-6/h7-8,11,14-15H,9-10H2,1-6H3/b12-7+. The molecule has 0 aliphatic carbocycles. The number of hydrogen-bond donors (Lipinski definition) is 0. The first-order valence-electron chi connectivity index (χ1n) is 9.00. The summed E-state index contributed by atoms with van der Waals surface area (Å²) in [5.74, 6) is 0.755. The van der Waals surface area contributed by atoms with E-state index >= 15 is 0 Å². The van der Waals surface area contributed by atoms with Crippen molar-refractivity contribution in [2.75, 3.05) is 20.2 Å². The van der Waals surface area contributed by atoms with Crippen molar-refractivity contribution in [3.8, 4) is 5.75 Å². The fourth-order valence-corrected chi connectivity index (χ4v) is 3.71. The van der Waals surface area contributed by atoms with E-state index < -0.39 is 0 Å². The lowest BCUT2D eigenvalue weighted by Gasteiger charge is -2.34. The molecule has 2 unspecified atom stereocenters. The smallest absolute Gasteiger partial charge is 0.247 e. The molecule has 3 rings (SSSR count). The number of rotatable bonds is 3. The van der Waals surface area contributed by atoms with Gasteiger partial charge in [0.15, 0.2) is 0 Å². The minimum absolute atomic E-state index is 0.00761. The van der Waals surface area contributed by atoms with Crippen LogP contribution in [0.15, 0.2) is 22.8 Å². The molecule has 2 heterocycles. The van der Waals surface area contributed by atoms with E-state index in [1.807, 2.05) is 45.6 Å². The van der Waals surface area contributed by atoms with Crippen molar-refractivity contribution in [2.45, 2.75) is 46.8 Å². The number of carbonyl (C=O) groups excluding carboxylic acids is 1. The van der Waals surface area contributed by atoms with Gasteiger partial charge in [-0.15, -0.1) is 0 Å². The summed E-state index contributed by atoms with van der Waals surface area (Å²) in [6, 6.07) is 2.05. The Morgan fingerprint density at radius 1 is 1.27 bits per heavy atom. The largest absolute Gasteiger partial charge is 0.496 e. The van der Waals surface area contributed by atoms with Gasteiger partial charge in [-0.1, -0.05) is 0 Å². The van der Waals surface area contributed by atoms with Crippen LogP contribution < -0.4 is 4.74 Å². The number of nitrogens with zero attached hydrogens (tertiary/aromatic N) is 1. The van der Waals surface area contributed by atoms with Gasteiger partial charge in [0.05, 0.1) is 25.6 Å². The number of methoxy groups -OCH3 is 1. The van der Waals surface area contributed by atoms with Crippen molar-refractivity contribution in [2.24, 2.45) is 0 Å². The van der Waals surface area contributed by atoms with Gasteiger partial charge < -0.3 is 18.8 Å². The van der Waals surface area contributed by atoms with Gasteiger partial charge in [-0.2, -0.15) is 0 Å². The van der Waals surface area contributed by atoms with E-state index in [4.69, 9.17) is 13.9 Å². The first-order chi connectivity index (χ1) is 12.3. The predicted octanol–water partition coefficient (Wildman–Crippen LogP) is 4.10. The van der Waals surface area contributed by atoms with Crippen LogP contribution in [0.3, 0.4) is 0 Å². The summed E-state index contributed by atoms with van der Waals surface area (Å²) in [6.07, 6.45) is 3.56. The normalized spacial score (nSPS) is 21.3. The van der Waals surface area contributed by atoms with E-state index in [2.05, 4.69) is 0 Å². The zero-order chi connectivity index (χ0) is 19.0.